The van der Waals surface area contributed by atoms with Crippen LogP contribution in [0.15, 0.2) is 42.5 Å². The van der Waals surface area contributed by atoms with Crippen molar-refractivity contribution in [3.8, 4) is 5.75 Å². The third-order valence-corrected chi connectivity index (χ3v) is 6.76. The van der Waals surface area contributed by atoms with Gasteiger partial charge in [0, 0.05) is 35.3 Å². The van der Waals surface area contributed by atoms with E-state index in [1.807, 2.05) is 17.0 Å². The van der Waals surface area contributed by atoms with Crippen LogP contribution in [0.1, 0.15) is 54.4 Å². The third-order valence-electron chi connectivity index (χ3n) is 6.39. The van der Waals surface area contributed by atoms with Gasteiger partial charge in [0.1, 0.15) is 5.75 Å². The molecule has 2 saturated carbocycles. The van der Waals surface area contributed by atoms with Crippen LogP contribution in [-0.4, -0.2) is 35.9 Å². The van der Waals surface area contributed by atoms with Crippen LogP contribution in [0.3, 0.4) is 0 Å². The molecule has 0 bridgehead atoms. The molecule has 0 aliphatic heterocycles. The number of para-hydroxylation sites is 1. The van der Waals surface area contributed by atoms with Gasteiger partial charge in [-0.1, -0.05) is 36.6 Å². The summed E-state index contributed by atoms with van der Waals surface area (Å²) in [4.78, 5) is 27.9. The molecule has 0 spiro atoms. The molecule has 0 aromatic heterocycles. The summed E-state index contributed by atoms with van der Waals surface area (Å²) in [5.74, 6) is 0.519. The zero-order valence-electron chi connectivity index (χ0n) is 18.4. The van der Waals surface area contributed by atoms with Gasteiger partial charge in [0.25, 0.3) is 5.91 Å². The Labute approximate surface area is 194 Å². The van der Waals surface area contributed by atoms with Crippen molar-refractivity contribution >= 4 is 29.1 Å². The summed E-state index contributed by atoms with van der Waals surface area (Å²) in [6, 6.07) is 12.4. The first kappa shape index (κ1) is 22.6. The van der Waals surface area contributed by atoms with Crippen LogP contribution in [0.5, 0.6) is 5.75 Å². The molecule has 4 rings (SSSR count). The Morgan fingerprint density at radius 3 is 2.59 bits per heavy atom. The van der Waals surface area contributed by atoms with E-state index in [0.717, 1.165) is 44.1 Å². The van der Waals surface area contributed by atoms with E-state index in [4.69, 9.17) is 22.1 Å². The zero-order valence-corrected chi connectivity index (χ0v) is 19.1. The Bertz CT molecular complexity index is 992. The van der Waals surface area contributed by atoms with Gasteiger partial charge in [-0.05, 0) is 61.6 Å². The lowest BCUT2D eigenvalue weighted by Gasteiger charge is -2.39. The first-order chi connectivity index (χ1) is 15.5. The Balaban J connectivity index is 1.55. The minimum absolute atomic E-state index is 0.0151. The van der Waals surface area contributed by atoms with Crippen LogP contribution in [0.25, 0.3) is 0 Å². The summed E-state index contributed by atoms with van der Waals surface area (Å²) in [6.45, 7) is 0.394. The summed E-state index contributed by atoms with van der Waals surface area (Å²) in [5, 5.41) is 3.49. The lowest BCUT2D eigenvalue weighted by atomic mass is 9.89. The number of methoxy groups -OCH3 is 1. The largest absolute Gasteiger partial charge is 0.496 e. The molecule has 2 unspecified atom stereocenters. The number of rotatable bonds is 7. The van der Waals surface area contributed by atoms with E-state index in [2.05, 4.69) is 5.32 Å². The van der Waals surface area contributed by atoms with Crippen molar-refractivity contribution in [2.45, 2.75) is 57.2 Å². The molecule has 2 aliphatic carbocycles. The minimum Gasteiger partial charge on any atom is -0.496 e. The van der Waals surface area contributed by atoms with Gasteiger partial charge < -0.3 is 20.7 Å². The van der Waals surface area contributed by atoms with Crippen LogP contribution in [-0.2, 0) is 11.3 Å². The average molecular weight is 456 g/mol. The molecule has 2 amide bonds. The highest BCUT2D eigenvalue weighted by atomic mass is 35.5. The number of anilines is 1. The fraction of sp³-hybridized carbons (Fsp3) is 0.440. The first-order valence-corrected chi connectivity index (χ1v) is 11.6. The number of nitrogens with two attached hydrogens (primary N) is 1. The number of hydrogen-bond donors (Lipinski definition) is 2. The number of nitrogens with one attached hydrogen (secondary N) is 1. The SMILES string of the molecule is COc1ccccc1C(=O)Nc1ccc(Cl)c(CN(C(=O)C2CC2)C2CCCCC2N)c1. The summed E-state index contributed by atoms with van der Waals surface area (Å²) in [7, 11) is 1.54. The summed E-state index contributed by atoms with van der Waals surface area (Å²) in [6.07, 6.45) is 5.92. The zero-order chi connectivity index (χ0) is 22.7. The van der Waals surface area contributed by atoms with E-state index in [9.17, 15) is 9.59 Å². The summed E-state index contributed by atoms with van der Waals surface area (Å²) in [5.41, 5.74) is 8.29. The quantitative estimate of drug-likeness (QED) is 0.638. The van der Waals surface area contributed by atoms with E-state index in [0.29, 0.717) is 28.6 Å². The van der Waals surface area contributed by atoms with Crippen LogP contribution < -0.4 is 15.8 Å². The Morgan fingerprint density at radius 1 is 1.12 bits per heavy atom. The van der Waals surface area contributed by atoms with Crippen molar-refractivity contribution in [1.29, 1.82) is 0 Å². The van der Waals surface area contributed by atoms with Crippen LogP contribution in [0, 0.1) is 5.92 Å². The maximum Gasteiger partial charge on any atom is 0.259 e. The van der Waals surface area contributed by atoms with E-state index in [1.54, 1.807) is 30.3 Å². The van der Waals surface area contributed by atoms with Gasteiger partial charge >= 0.3 is 0 Å². The molecule has 2 atom stereocenters. The number of amides is 2. The molecule has 2 aromatic carbocycles. The molecule has 0 heterocycles. The van der Waals surface area contributed by atoms with Crippen molar-refractivity contribution in [3.63, 3.8) is 0 Å². The molecular weight excluding hydrogens is 426 g/mol. The van der Waals surface area contributed by atoms with Gasteiger partial charge in [0.2, 0.25) is 5.91 Å². The summed E-state index contributed by atoms with van der Waals surface area (Å²) >= 11 is 6.51. The van der Waals surface area contributed by atoms with E-state index in [-0.39, 0.29) is 29.8 Å². The second-order valence-electron chi connectivity index (χ2n) is 8.72. The molecule has 2 aliphatic rings. The Hall–Kier alpha value is -2.57. The maximum absolute atomic E-state index is 13.1. The molecule has 7 heteroatoms. The average Bonchev–Trinajstić information content (AvgIpc) is 3.65. The highest BCUT2D eigenvalue weighted by Crippen LogP contribution is 2.35. The lowest BCUT2D eigenvalue weighted by Crippen LogP contribution is -2.52. The van der Waals surface area contributed by atoms with Crippen molar-refractivity contribution in [3.05, 3.63) is 58.6 Å². The van der Waals surface area contributed by atoms with Gasteiger partial charge in [-0.3, -0.25) is 9.59 Å². The van der Waals surface area contributed by atoms with Gasteiger partial charge in [-0.25, -0.2) is 0 Å². The van der Waals surface area contributed by atoms with Gasteiger partial charge in [0.05, 0.1) is 12.7 Å². The first-order valence-electron chi connectivity index (χ1n) is 11.3. The van der Waals surface area contributed by atoms with E-state index in [1.165, 1.54) is 7.11 Å². The van der Waals surface area contributed by atoms with E-state index >= 15 is 0 Å². The summed E-state index contributed by atoms with van der Waals surface area (Å²) < 4.78 is 5.29. The smallest absolute Gasteiger partial charge is 0.259 e. The molecule has 3 N–H and O–H groups in total. The number of carbonyl (C=O) groups excluding carboxylic acids is 2. The highest BCUT2D eigenvalue weighted by Gasteiger charge is 2.39. The van der Waals surface area contributed by atoms with Crippen LogP contribution in [0.4, 0.5) is 5.69 Å². The lowest BCUT2D eigenvalue weighted by molar-refractivity contribution is -0.136. The molecule has 6 nitrogen and oxygen atoms in total. The second-order valence-corrected chi connectivity index (χ2v) is 9.12. The Kier molecular flexibility index (Phi) is 7.01. The van der Waals surface area contributed by atoms with Crippen molar-refractivity contribution in [2.75, 3.05) is 12.4 Å². The standard InChI is InChI=1S/C25H30ClN3O3/c1-32-23-9-5-2-6-19(23)24(30)28-18-12-13-20(26)17(14-18)15-29(25(31)16-10-11-16)22-8-4-3-7-21(22)27/h2,5-6,9,12-14,16,21-22H,3-4,7-8,10-11,15,27H2,1H3,(H,28,30). The van der Waals surface area contributed by atoms with Crippen LogP contribution >= 0.6 is 11.6 Å². The molecule has 2 aromatic rings. The van der Waals surface area contributed by atoms with Crippen molar-refractivity contribution in [2.24, 2.45) is 11.7 Å². The van der Waals surface area contributed by atoms with Gasteiger partial charge in [-0.2, -0.15) is 0 Å². The fourth-order valence-electron chi connectivity index (χ4n) is 4.44. The third kappa shape index (κ3) is 5.08. The number of hydrogen-bond acceptors (Lipinski definition) is 4. The number of halogens is 1. The van der Waals surface area contributed by atoms with E-state index < -0.39 is 0 Å². The van der Waals surface area contributed by atoms with Gasteiger partial charge in [-0.15, -0.1) is 0 Å². The predicted octanol–water partition coefficient (Wildman–Crippen LogP) is 4.61. The van der Waals surface area contributed by atoms with Gasteiger partial charge in [0.15, 0.2) is 0 Å². The number of carbonyl (C=O) groups is 2. The maximum atomic E-state index is 13.1. The number of benzene rings is 2. The molecule has 2 fully saturated rings. The fourth-order valence-corrected chi connectivity index (χ4v) is 4.62. The Morgan fingerprint density at radius 2 is 1.88 bits per heavy atom. The predicted molar refractivity (Wildman–Crippen MR) is 126 cm³/mol. The van der Waals surface area contributed by atoms with Crippen molar-refractivity contribution < 1.29 is 14.3 Å². The number of ether oxygens (including phenoxy) is 1. The second kappa shape index (κ2) is 9.92. The minimum atomic E-state index is -0.268. The molecule has 0 saturated heterocycles. The molecule has 0 radical (unpaired) electrons. The number of nitrogens with zero attached hydrogens (tertiary/aromatic N) is 1. The van der Waals surface area contributed by atoms with Crippen molar-refractivity contribution in [1.82, 2.24) is 4.90 Å². The monoisotopic (exact) mass is 455 g/mol. The molecule has 170 valence electrons. The highest BCUT2D eigenvalue weighted by molar-refractivity contribution is 6.31. The molecular formula is C25H30ClN3O3. The normalized spacial score (nSPS) is 20.5. The molecule has 32 heavy (non-hydrogen) atoms. The van der Waals surface area contributed by atoms with Crippen LogP contribution in [0.2, 0.25) is 5.02 Å². The topological polar surface area (TPSA) is 84.7 Å².